The molecular formula is C23H21N3OS2. The Kier molecular flexibility index (Phi) is 5.74. The van der Waals surface area contributed by atoms with E-state index in [9.17, 15) is 4.79 Å². The van der Waals surface area contributed by atoms with Crippen molar-refractivity contribution in [2.45, 2.75) is 19.9 Å². The van der Waals surface area contributed by atoms with Gasteiger partial charge in [0.25, 0.3) is 5.91 Å². The summed E-state index contributed by atoms with van der Waals surface area (Å²) < 4.78 is 0. The highest BCUT2D eigenvalue weighted by molar-refractivity contribution is 7.16. The number of hydrogen-bond donors (Lipinski definition) is 2. The fraction of sp³-hybridized carbons (Fsp3) is 0.130. The van der Waals surface area contributed by atoms with Gasteiger partial charge in [-0.25, -0.2) is 4.98 Å². The van der Waals surface area contributed by atoms with Gasteiger partial charge in [0.15, 0.2) is 5.13 Å². The number of thiophene rings is 1. The highest BCUT2D eigenvalue weighted by Crippen LogP contribution is 2.41. The van der Waals surface area contributed by atoms with Crippen LogP contribution in [-0.2, 0) is 0 Å². The summed E-state index contributed by atoms with van der Waals surface area (Å²) in [5, 5.41) is 10.4. The molecular weight excluding hydrogens is 398 g/mol. The molecule has 2 aromatic carbocycles. The molecule has 2 N–H and O–H groups in total. The van der Waals surface area contributed by atoms with E-state index < -0.39 is 0 Å². The number of thiazole rings is 1. The van der Waals surface area contributed by atoms with Crippen LogP contribution in [0.25, 0.3) is 0 Å². The van der Waals surface area contributed by atoms with Gasteiger partial charge < -0.3 is 10.6 Å². The zero-order valence-electron chi connectivity index (χ0n) is 16.2. The zero-order valence-corrected chi connectivity index (χ0v) is 17.8. The molecule has 1 atom stereocenters. The Bertz CT molecular complexity index is 1090. The molecule has 1 unspecified atom stereocenters. The van der Waals surface area contributed by atoms with Gasteiger partial charge in [0, 0.05) is 27.6 Å². The highest BCUT2D eigenvalue weighted by Gasteiger charge is 2.25. The van der Waals surface area contributed by atoms with E-state index in [0.717, 1.165) is 21.3 Å². The van der Waals surface area contributed by atoms with Gasteiger partial charge in [-0.2, -0.15) is 0 Å². The number of carbonyl (C=O) groups excluding carboxylic acids is 1. The summed E-state index contributed by atoms with van der Waals surface area (Å²) in [6, 6.07) is 19.5. The maximum Gasteiger partial charge on any atom is 0.256 e. The summed E-state index contributed by atoms with van der Waals surface area (Å²) in [5.41, 5.74) is 4.03. The molecule has 0 aliphatic heterocycles. The summed E-state index contributed by atoms with van der Waals surface area (Å²) in [5.74, 6) is -0.103. The van der Waals surface area contributed by atoms with E-state index in [0.29, 0.717) is 5.56 Å². The average molecular weight is 420 g/mol. The molecule has 0 aliphatic carbocycles. The molecule has 0 saturated carbocycles. The first-order chi connectivity index (χ1) is 14.1. The number of aromatic nitrogens is 1. The first kappa shape index (κ1) is 19.4. The number of nitrogens with one attached hydrogen (secondary N) is 2. The number of hydrogen-bond acceptors (Lipinski definition) is 5. The second-order valence-corrected chi connectivity index (χ2v) is 8.79. The summed E-state index contributed by atoms with van der Waals surface area (Å²) in [6.07, 6.45) is 1.79. The molecule has 4 aromatic rings. The fourth-order valence-corrected chi connectivity index (χ4v) is 4.89. The third-order valence-corrected chi connectivity index (χ3v) is 6.66. The van der Waals surface area contributed by atoms with Crippen molar-refractivity contribution in [2.75, 3.05) is 10.6 Å². The molecule has 6 heteroatoms. The van der Waals surface area contributed by atoms with E-state index in [4.69, 9.17) is 0 Å². The Morgan fingerprint density at radius 3 is 2.34 bits per heavy atom. The summed E-state index contributed by atoms with van der Waals surface area (Å²) in [4.78, 5) is 18.4. The fourth-order valence-electron chi connectivity index (χ4n) is 3.24. The lowest BCUT2D eigenvalue weighted by molar-refractivity contribution is 0.102. The molecule has 2 heterocycles. The second kappa shape index (κ2) is 8.59. The maximum absolute atomic E-state index is 12.8. The Balaban J connectivity index is 1.75. The number of carbonyl (C=O) groups is 1. The van der Waals surface area contributed by atoms with E-state index in [1.807, 2.05) is 53.9 Å². The number of rotatable bonds is 6. The monoisotopic (exact) mass is 419 g/mol. The number of amides is 1. The Morgan fingerprint density at radius 1 is 1.00 bits per heavy atom. The van der Waals surface area contributed by atoms with Crippen molar-refractivity contribution in [3.63, 3.8) is 0 Å². The summed E-state index contributed by atoms with van der Waals surface area (Å²) in [6.45, 7) is 4.20. The van der Waals surface area contributed by atoms with Crippen LogP contribution in [0.15, 0.2) is 72.2 Å². The predicted molar refractivity (Wildman–Crippen MR) is 122 cm³/mol. The molecule has 146 valence electrons. The summed E-state index contributed by atoms with van der Waals surface area (Å²) in [7, 11) is 0. The number of aryl methyl sites for hydroxylation is 1. The van der Waals surface area contributed by atoms with Gasteiger partial charge in [0.05, 0.1) is 6.04 Å². The van der Waals surface area contributed by atoms with Gasteiger partial charge in [-0.3, -0.25) is 4.79 Å². The normalized spacial score (nSPS) is 11.8. The Morgan fingerprint density at radius 2 is 1.69 bits per heavy atom. The highest BCUT2D eigenvalue weighted by atomic mass is 32.1. The van der Waals surface area contributed by atoms with Gasteiger partial charge in [0.2, 0.25) is 0 Å². The lowest BCUT2D eigenvalue weighted by Crippen LogP contribution is -2.17. The number of benzene rings is 2. The Labute approximate surface area is 178 Å². The lowest BCUT2D eigenvalue weighted by atomic mass is 9.96. The second-order valence-electron chi connectivity index (χ2n) is 6.67. The first-order valence-electron chi connectivity index (χ1n) is 9.30. The van der Waals surface area contributed by atoms with Gasteiger partial charge in [0.1, 0.15) is 5.00 Å². The minimum atomic E-state index is -0.113. The minimum absolute atomic E-state index is 0.103. The van der Waals surface area contributed by atoms with E-state index >= 15 is 0 Å². The average Bonchev–Trinajstić information content (AvgIpc) is 3.36. The van der Waals surface area contributed by atoms with Crippen LogP contribution in [0, 0.1) is 13.8 Å². The van der Waals surface area contributed by atoms with Crippen LogP contribution in [0.1, 0.15) is 38.0 Å². The van der Waals surface area contributed by atoms with Crippen LogP contribution in [-0.4, -0.2) is 10.9 Å². The van der Waals surface area contributed by atoms with Crippen LogP contribution in [0.3, 0.4) is 0 Å². The van der Waals surface area contributed by atoms with Crippen molar-refractivity contribution < 1.29 is 4.79 Å². The van der Waals surface area contributed by atoms with Crippen molar-refractivity contribution in [3.8, 4) is 0 Å². The molecule has 4 nitrogen and oxygen atoms in total. The van der Waals surface area contributed by atoms with Crippen molar-refractivity contribution in [3.05, 3.63) is 99.4 Å². The lowest BCUT2D eigenvalue weighted by Gasteiger charge is -2.21. The third kappa shape index (κ3) is 4.23. The molecule has 0 saturated heterocycles. The van der Waals surface area contributed by atoms with E-state index in [2.05, 4.69) is 41.6 Å². The number of nitrogens with zero attached hydrogens (tertiary/aromatic N) is 1. The van der Waals surface area contributed by atoms with Crippen molar-refractivity contribution in [2.24, 2.45) is 0 Å². The molecule has 2 aromatic heterocycles. The largest absolute Gasteiger partial charge is 0.350 e. The smallest absolute Gasteiger partial charge is 0.256 e. The van der Waals surface area contributed by atoms with Crippen molar-refractivity contribution >= 4 is 38.7 Å². The van der Waals surface area contributed by atoms with Gasteiger partial charge in [-0.15, -0.1) is 22.7 Å². The quantitative estimate of drug-likeness (QED) is 0.387. The van der Waals surface area contributed by atoms with Crippen LogP contribution in [0.2, 0.25) is 0 Å². The van der Waals surface area contributed by atoms with E-state index in [1.165, 1.54) is 10.4 Å². The van der Waals surface area contributed by atoms with Gasteiger partial charge >= 0.3 is 0 Å². The van der Waals surface area contributed by atoms with Crippen molar-refractivity contribution in [1.82, 2.24) is 4.98 Å². The minimum Gasteiger partial charge on any atom is -0.350 e. The molecule has 29 heavy (non-hydrogen) atoms. The molecule has 0 bridgehead atoms. The Hall–Kier alpha value is -2.96. The molecule has 4 rings (SSSR count). The van der Waals surface area contributed by atoms with Crippen molar-refractivity contribution in [1.29, 1.82) is 0 Å². The van der Waals surface area contributed by atoms with Crippen LogP contribution < -0.4 is 10.6 Å². The molecule has 0 fully saturated rings. The predicted octanol–water partition coefficient (Wildman–Crippen LogP) is 6.28. The molecule has 0 spiro atoms. The maximum atomic E-state index is 12.8. The zero-order chi connectivity index (χ0) is 20.2. The molecule has 1 amide bonds. The molecule has 0 radical (unpaired) electrons. The van der Waals surface area contributed by atoms with E-state index in [-0.39, 0.29) is 11.9 Å². The first-order valence-corrected chi connectivity index (χ1v) is 11.0. The van der Waals surface area contributed by atoms with Crippen LogP contribution >= 0.6 is 22.7 Å². The van der Waals surface area contributed by atoms with E-state index in [1.54, 1.807) is 28.9 Å². The SMILES string of the molecule is Cc1sc(NC(=O)c2ccccc2)c(C(Nc2nccs2)c2ccccc2)c1C. The van der Waals surface area contributed by atoms with Crippen LogP contribution in [0.4, 0.5) is 10.1 Å². The standard InChI is InChI=1S/C23H21N3OS2/c1-15-16(2)29-22(26-21(27)18-11-7-4-8-12-18)19(15)20(17-9-5-3-6-10-17)25-23-24-13-14-28-23/h3-14,20H,1-2H3,(H,24,25)(H,26,27). The van der Waals surface area contributed by atoms with Gasteiger partial charge in [-0.1, -0.05) is 48.5 Å². The third-order valence-electron chi connectivity index (χ3n) is 4.82. The van der Waals surface area contributed by atoms with Crippen LogP contribution in [0.5, 0.6) is 0 Å². The van der Waals surface area contributed by atoms with Gasteiger partial charge in [-0.05, 0) is 37.1 Å². The topological polar surface area (TPSA) is 54.0 Å². The number of anilines is 2. The summed E-state index contributed by atoms with van der Waals surface area (Å²) >= 11 is 3.17. The molecule has 0 aliphatic rings.